The van der Waals surface area contributed by atoms with E-state index in [2.05, 4.69) is 65.5 Å². The maximum atomic E-state index is 4.79. The Morgan fingerprint density at radius 2 is 2.05 bits per heavy atom. The number of nitrogens with one attached hydrogen (secondary N) is 1. The van der Waals surface area contributed by atoms with Gasteiger partial charge in [0.05, 0.1) is 11.7 Å². The summed E-state index contributed by atoms with van der Waals surface area (Å²) < 4.78 is 2.17. The van der Waals surface area contributed by atoms with Gasteiger partial charge in [0.25, 0.3) is 0 Å². The van der Waals surface area contributed by atoms with Crippen LogP contribution in [-0.2, 0) is 6.42 Å². The van der Waals surface area contributed by atoms with Crippen molar-refractivity contribution in [2.75, 3.05) is 11.9 Å². The second kappa shape index (κ2) is 4.92. The van der Waals surface area contributed by atoms with Gasteiger partial charge in [0.2, 0.25) is 0 Å². The third-order valence-corrected chi connectivity index (χ3v) is 4.35. The molecule has 0 saturated carbocycles. The quantitative estimate of drug-likeness (QED) is 0.767. The molecule has 106 valence electrons. The van der Waals surface area contributed by atoms with Crippen molar-refractivity contribution in [2.45, 2.75) is 25.8 Å². The number of aryl methyl sites for hydroxylation is 1. The Balaban J connectivity index is 1.89. The molecule has 1 unspecified atom stereocenters. The lowest BCUT2D eigenvalue weighted by atomic mass is 9.96. The molecule has 0 amide bonds. The van der Waals surface area contributed by atoms with Gasteiger partial charge in [0.15, 0.2) is 0 Å². The fourth-order valence-electron chi connectivity index (χ4n) is 3.27. The number of anilines is 1. The minimum Gasteiger partial charge on any atom is -0.370 e. The number of aromatic nitrogens is 2. The predicted octanol–water partition coefficient (Wildman–Crippen LogP) is 4.00. The van der Waals surface area contributed by atoms with Crippen LogP contribution in [0.25, 0.3) is 10.8 Å². The van der Waals surface area contributed by atoms with E-state index in [1.165, 1.54) is 16.3 Å². The van der Waals surface area contributed by atoms with Crippen LogP contribution in [0.3, 0.4) is 0 Å². The Labute approximate surface area is 124 Å². The molecular weight excluding hydrogens is 258 g/mol. The second-order valence-corrected chi connectivity index (χ2v) is 5.62. The smallest absolute Gasteiger partial charge is 0.125 e. The van der Waals surface area contributed by atoms with Gasteiger partial charge >= 0.3 is 0 Å². The first-order valence-corrected chi connectivity index (χ1v) is 7.67. The third kappa shape index (κ3) is 2.00. The zero-order chi connectivity index (χ0) is 14.2. The largest absolute Gasteiger partial charge is 0.370 e. The summed E-state index contributed by atoms with van der Waals surface area (Å²) in [6.07, 6.45) is 2.05. The maximum Gasteiger partial charge on any atom is 0.125 e. The molecule has 0 radical (unpaired) electrons. The first-order chi connectivity index (χ1) is 10.4. The van der Waals surface area contributed by atoms with E-state index in [9.17, 15) is 0 Å². The van der Waals surface area contributed by atoms with E-state index < -0.39 is 0 Å². The van der Waals surface area contributed by atoms with Crippen molar-refractivity contribution >= 4 is 16.6 Å². The van der Waals surface area contributed by atoms with Gasteiger partial charge in [-0.3, -0.25) is 0 Å². The zero-order valence-corrected chi connectivity index (χ0v) is 12.2. The summed E-state index contributed by atoms with van der Waals surface area (Å²) in [5, 5.41) is 10.9. The van der Waals surface area contributed by atoms with Crippen molar-refractivity contribution in [2.24, 2.45) is 0 Å². The van der Waals surface area contributed by atoms with Crippen LogP contribution in [0.2, 0.25) is 0 Å². The molecule has 0 saturated heterocycles. The van der Waals surface area contributed by atoms with Gasteiger partial charge in [0, 0.05) is 12.6 Å². The van der Waals surface area contributed by atoms with Gasteiger partial charge in [-0.15, -0.1) is 0 Å². The highest BCUT2D eigenvalue weighted by atomic mass is 15.4. The standard InChI is InChI=1S/C18H19N3/c1-2-14-12-18-19-11-10-17(21(18)20-14)16-9-5-7-13-6-3-4-8-15(13)16/h3-9,12,17,19H,2,10-11H2,1H3. The van der Waals surface area contributed by atoms with Crippen molar-refractivity contribution in [1.29, 1.82) is 0 Å². The first kappa shape index (κ1) is 12.5. The van der Waals surface area contributed by atoms with Crippen molar-refractivity contribution < 1.29 is 0 Å². The molecule has 0 spiro atoms. The van der Waals surface area contributed by atoms with Crippen LogP contribution in [0.15, 0.2) is 48.5 Å². The molecule has 0 bridgehead atoms. The lowest BCUT2D eigenvalue weighted by Gasteiger charge is -2.27. The number of rotatable bonds is 2. The van der Waals surface area contributed by atoms with Crippen LogP contribution in [0.4, 0.5) is 5.82 Å². The van der Waals surface area contributed by atoms with Crippen LogP contribution in [0.1, 0.15) is 30.6 Å². The minimum absolute atomic E-state index is 0.327. The van der Waals surface area contributed by atoms with E-state index in [0.717, 1.165) is 30.9 Å². The van der Waals surface area contributed by atoms with Gasteiger partial charge in [-0.2, -0.15) is 5.10 Å². The Morgan fingerprint density at radius 3 is 2.95 bits per heavy atom. The van der Waals surface area contributed by atoms with Crippen LogP contribution >= 0.6 is 0 Å². The molecule has 1 N–H and O–H groups in total. The molecule has 1 aliphatic rings. The van der Waals surface area contributed by atoms with Crippen molar-refractivity contribution in [3.8, 4) is 0 Å². The lowest BCUT2D eigenvalue weighted by molar-refractivity contribution is 0.481. The molecule has 3 nitrogen and oxygen atoms in total. The Morgan fingerprint density at radius 1 is 1.19 bits per heavy atom. The van der Waals surface area contributed by atoms with Gasteiger partial charge < -0.3 is 5.32 Å². The summed E-state index contributed by atoms with van der Waals surface area (Å²) in [5.41, 5.74) is 2.53. The molecular formula is C18H19N3. The molecule has 3 aromatic rings. The van der Waals surface area contributed by atoms with E-state index >= 15 is 0 Å². The molecule has 3 heteroatoms. The number of hydrogen-bond donors (Lipinski definition) is 1. The molecule has 1 atom stereocenters. The SMILES string of the molecule is CCc1cc2n(n1)C(c1cccc3ccccc13)CCN2. The monoisotopic (exact) mass is 277 g/mol. The highest BCUT2D eigenvalue weighted by Crippen LogP contribution is 2.33. The summed E-state index contributed by atoms with van der Waals surface area (Å²) in [6, 6.07) is 17.7. The van der Waals surface area contributed by atoms with Crippen LogP contribution in [0, 0.1) is 0 Å². The first-order valence-electron chi connectivity index (χ1n) is 7.67. The topological polar surface area (TPSA) is 29.9 Å². The molecule has 1 aliphatic heterocycles. The molecule has 2 heterocycles. The van der Waals surface area contributed by atoms with E-state index in [-0.39, 0.29) is 0 Å². The van der Waals surface area contributed by atoms with Crippen molar-refractivity contribution in [3.63, 3.8) is 0 Å². The van der Waals surface area contributed by atoms with Crippen molar-refractivity contribution in [1.82, 2.24) is 9.78 Å². The number of fused-ring (bicyclic) bond motifs is 2. The zero-order valence-electron chi connectivity index (χ0n) is 12.2. The Bertz CT molecular complexity index is 783. The van der Waals surface area contributed by atoms with Crippen LogP contribution in [0.5, 0.6) is 0 Å². The molecule has 1 aromatic heterocycles. The normalized spacial score (nSPS) is 17.5. The van der Waals surface area contributed by atoms with Gasteiger partial charge in [-0.1, -0.05) is 49.4 Å². The number of benzene rings is 2. The van der Waals surface area contributed by atoms with Crippen LogP contribution < -0.4 is 5.32 Å². The summed E-state index contributed by atoms with van der Waals surface area (Å²) >= 11 is 0. The van der Waals surface area contributed by atoms with Gasteiger partial charge in [-0.05, 0) is 29.2 Å². The summed E-state index contributed by atoms with van der Waals surface area (Å²) in [7, 11) is 0. The van der Waals surface area contributed by atoms with Crippen molar-refractivity contribution in [3.05, 3.63) is 59.8 Å². The fourth-order valence-corrected chi connectivity index (χ4v) is 3.27. The molecule has 4 rings (SSSR count). The fraction of sp³-hybridized carbons (Fsp3) is 0.278. The molecule has 2 aromatic carbocycles. The van der Waals surface area contributed by atoms with E-state index in [1.807, 2.05) is 0 Å². The summed E-state index contributed by atoms with van der Waals surface area (Å²) in [4.78, 5) is 0. The predicted molar refractivity (Wildman–Crippen MR) is 86.8 cm³/mol. The molecule has 21 heavy (non-hydrogen) atoms. The van der Waals surface area contributed by atoms with Gasteiger partial charge in [-0.25, -0.2) is 4.68 Å². The summed E-state index contributed by atoms with van der Waals surface area (Å²) in [6.45, 7) is 3.16. The maximum absolute atomic E-state index is 4.79. The van der Waals surface area contributed by atoms with E-state index in [0.29, 0.717) is 6.04 Å². The third-order valence-electron chi connectivity index (χ3n) is 4.35. The highest BCUT2D eigenvalue weighted by molar-refractivity contribution is 5.86. The number of hydrogen-bond acceptors (Lipinski definition) is 2. The number of nitrogens with zero attached hydrogens (tertiary/aromatic N) is 2. The second-order valence-electron chi connectivity index (χ2n) is 5.62. The Kier molecular flexibility index (Phi) is 2.92. The van der Waals surface area contributed by atoms with E-state index in [1.54, 1.807) is 0 Å². The average molecular weight is 277 g/mol. The summed E-state index contributed by atoms with van der Waals surface area (Å²) in [5.74, 6) is 1.15. The van der Waals surface area contributed by atoms with E-state index in [4.69, 9.17) is 5.10 Å². The minimum atomic E-state index is 0.327. The van der Waals surface area contributed by atoms with Crippen LogP contribution in [-0.4, -0.2) is 16.3 Å². The van der Waals surface area contributed by atoms with Gasteiger partial charge in [0.1, 0.15) is 5.82 Å². The molecule has 0 fully saturated rings. The highest BCUT2D eigenvalue weighted by Gasteiger charge is 2.24. The molecule has 0 aliphatic carbocycles. The average Bonchev–Trinajstić information content (AvgIpc) is 2.97. The lowest BCUT2D eigenvalue weighted by Crippen LogP contribution is -2.24. The Hall–Kier alpha value is -2.29.